The van der Waals surface area contributed by atoms with Gasteiger partial charge in [-0.3, -0.25) is 4.79 Å². The summed E-state index contributed by atoms with van der Waals surface area (Å²) in [6.07, 6.45) is -3.67. The van der Waals surface area contributed by atoms with Crippen LogP contribution in [-0.2, 0) is 14.3 Å². The third-order valence-electron chi connectivity index (χ3n) is 4.40. The molecule has 1 aliphatic carbocycles. The van der Waals surface area contributed by atoms with E-state index in [4.69, 9.17) is 14.6 Å². The van der Waals surface area contributed by atoms with Crippen LogP contribution in [0.5, 0.6) is 0 Å². The number of hydrogen-bond donors (Lipinski definition) is 4. The van der Waals surface area contributed by atoms with Crippen molar-refractivity contribution in [3.05, 3.63) is 36.0 Å². The second-order valence-electron chi connectivity index (χ2n) is 6.29. The SMILES string of the molecule is COC1OC(CO)C(O)C(O)C1NC(=O)/C=C/C1=CC=CC(C(F)(F)F)C1. The van der Waals surface area contributed by atoms with Crippen molar-refractivity contribution >= 4 is 5.91 Å². The van der Waals surface area contributed by atoms with Gasteiger partial charge in [0, 0.05) is 13.2 Å². The van der Waals surface area contributed by atoms with Crippen molar-refractivity contribution in [2.45, 2.75) is 43.2 Å². The van der Waals surface area contributed by atoms with Gasteiger partial charge in [-0.1, -0.05) is 24.3 Å². The van der Waals surface area contributed by atoms with Gasteiger partial charge in [0.15, 0.2) is 6.29 Å². The maximum Gasteiger partial charge on any atom is 0.395 e. The van der Waals surface area contributed by atoms with Gasteiger partial charge in [0.05, 0.1) is 12.5 Å². The molecule has 6 atom stereocenters. The Kier molecular flexibility index (Phi) is 7.18. The number of alkyl halides is 3. The number of carbonyl (C=O) groups is 1. The Morgan fingerprint density at radius 3 is 2.70 bits per heavy atom. The van der Waals surface area contributed by atoms with E-state index in [0.717, 1.165) is 12.2 Å². The van der Waals surface area contributed by atoms with Crippen molar-refractivity contribution in [3.63, 3.8) is 0 Å². The van der Waals surface area contributed by atoms with Gasteiger partial charge < -0.3 is 30.1 Å². The van der Waals surface area contributed by atoms with E-state index in [9.17, 15) is 28.2 Å². The van der Waals surface area contributed by atoms with E-state index >= 15 is 0 Å². The summed E-state index contributed by atoms with van der Waals surface area (Å²) in [5, 5.41) is 31.5. The molecule has 0 radical (unpaired) electrons. The number of nitrogens with one attached hydrogen (secondary N) is 1. The molecule has 27 heavy (non-hydrogen) atoms. The van der Waals surface area contributed by atoms with Gasteiger partial charge in [0.1, 0.15) is 24.4 Å². The lowest BCUT2D eigenvalue weighted by Gasteiger charge is -2.41. The van der Waals surface area contributed by atoms with E-state index in [2.05, 4.69) is 5.32 Å². The molecule has 2 aliphatic rings. The monoisotopic (exact) mass is 393 g/mol. The molecule has 1 heterocycles. The van der Waals surface area contributed by atoms with Gasteiger partial charge in [0.25, 0.3) is 0 Å². The largest absolute Gasteiger partial charge is 0.395 e. The molecule has 0 saturated carbocycles. The summed E-state index contributed by atoms with van der Waals surface area (Å²) in [5.41, 5.74) is 0.319. The van der Waals surface area contributed by atoms with Crippen LogP contribution in [-0.4, -0.2) is 71.8 Å². The van der Waals surface area contributed by atoms with Crippen molar-refractivity contribution in [1.82, 2.24) is 5.32 Å². The zero-order valence-corrected chi connectivity index (χ0v) is 14.5. The van der Waals surface area contributed by atoms with Crippen LogP contribution in [0.2, 0.25) is 0 Å². The lowest BCUT2D eigenvalue weighted by Crippen LogP contribution is -2.64. The molecule has 0 aromatic heterocycles. The molecule has 6 unspecified atom stereocenters. The summed E-state index contributed by atoms with van der Waals surface area (Å²) < 4.78 is 48.6. The fourth-order valence-corrected chi connectivity index (χ4v) is 2.88. The first kappa shape index (κ1) is 21.6. The molecule has 4 N–H and O–H groups in total. The van der Waals surface area contributed by atoms with Crippen LogP contribution in [0.4, 0.5) is 13.2 Å². The number of halogens is 3. The Hall–Kier alpha value is -1.72. The number of aliphatic hydroxyl groups is 3. The minimum absolute atomic E-state index is 0.281. The Morgan fingerprint density at radius 1 is 1.41 bits per heavy atom. The topological polar surface area (TPSA) is 108 Å². The zero-order chi connectivity index (χ0) is 20.2. The van der Waals surface area contributed by atoms with Crippen LogP contribution in [0.1, 0.15) is 6.42 Å². The van der Waals surface area contributed by atoms with E-state index in [1.54, 1.807) is 0 Å². The van der Waals surface area contributed by atoms with E-state index in [1.807, 2.05) is 0 Å². The number of methoxy groups -OCH3 is 1. The van der Waals surface area contributed by atoms with Crippen molar-refractivity contribution < 1.29 is 42.8 Å². The second kappa shape index (κ2) is 8.98. The lowest BCUT2D eigenvalue weighted by molar-refractivity contribution is -0.262. The highest BCUT2D eigenvalue weighted by atomic mass is 19.4. The highest BCUT2D eigenvalue weighted by Gasteiger charge is 2.45. The first-order valence-corrected chi connectivity index (χ1v) is 8.25. The molecule has 152 valence electrons. The quantitative estimate of drug-likeness (QED) is 0.497. The molecule has 0 spiro atoms. The molecule has 1 aliphatic heterocycles. The second-order valence-corrected chi connectivity index (χ2v) is 6.29. The summed E-state index contributed by atoms with van der Waals surface area (Å²) >= 11 is 0. The maximum atomic E-state index is 12.8. The molecule has 7 nitrogen and oxygen atoms in total. The summed E-state index contributed by atoms with van der Waals surface area (Å²) in [5.74, 6) is -2.32. The fourth-order valence-electron chi connectivity index (χ4n) is 2.88. The average Bonchev–Trinajstić information content (AvgIpc) is 2.63. The van der Waals surface area contributed by atoms with E-state index in [0.29, 0.717) is 5.57 Å². The number of allylic oxidation sites excluding steroid dienone is 5. The van der Waals surface area contributed by atoms with Crippen LogP contribution in [0, 0.1) is 5.92 Å². The first-order valence-electron chi connectivity index (χ1n) is 8.25. The molecule has 0 bridgehead atoms. The smallest absolute Gasteiger partial charge is 0.394 e. The van der Waals surface area contributed by atoms with Gasteiger partial charge in [-0.25, -0.2) is 0 Å². The number of carbonyl (C=O) groups excluding carboxylic acids is 1. The van der Waals surface area contributed by atoms with Gasteiger partial charge in [-0.15, -0.1) is 0 Å². The number of ether oxygens (including phenoxy) is 2. The molecule has 0 aromatic carbocycles. The zero-order valence-electron chi connectivity index (χ0n) is 14.5. The van der Waals surface area contributed by atoms with Gasteiger partial charge in [-0.2, -0.15) is 13.2 Å². The third-order valence-corrected chi connectivity index (χ3v) is 4.40. The number of rotatable bonds is 5. The Balaban J connectivity index is 1.99. The molecule has 1 saturated heterocycles. The maximum absolute atomic E-state index is 12.8. The van der Waals surface area contributed by atoms with Gasteiger partial charge in [-0.05, 0) is 12.0 Å². The van der Waals surface area contributed by atoms with Crippen LogP contribution < -0.4 is 5.32 Å². The van der Waals surface area contributed by atoms with Gasteiger partial charge in [0.2, 0.25) is 5.91 Å². The van der Waals surface area contributed by atoms with E-state index in [-0.39, 0.29) is 6.42 Å². The third kappa shape index (κ3) is 5.39. The van der Waals surface area contributed by atoms with Crippen LogP contribution in [0.25, 0.3) is 0 Å². The Labute approximate surface area is 153 Å². The van der Waals surface area contributed by atoms with Crippen molar-refractivity contribution in [3.8, 4) is 0 Å². The van der Waals surface area contributed by atoms with Crippen LogP contribution >= 0.6 is 0 Å². The average molecular weight is 393 g/mol. The standard InChI is InChI=1S/C17H22F3NO6/c1-26-16-13(15(25)14(24)11(8-22)27-16)21-12(23)6-5-9-3-2-4-10(7-9)17(18,19)20/h2-6,10-11,13-16,22,24-25H,7-8H2,1H3,(H,21,23)/b6-5+. The lowest BCUT2D eigenvalue weighted by atomic mass is 9.93. The van der Waals surface area contributed by atoms with E-state index in [1.165, 1.54) is 25.3 Å². The molecule has 1 amide bonds. The van der Waals surface area contributed by atoms with Crippen LogP contribution in [0.15, 0.2) is 36.0 Å². The summed E-state index contributed by atoms with van der Waals surface area (Å²) in [6, 6.07) is -1.13. The molecular weight excluding hydrogens is 371 g/mol. The van der Waals surface area contributed by atoms with E-state index < -0.39 is 55.3 Å². The molecule has 10 heteroatoms. The Morgan fingerprint density at radius 2 is 2.11 bits per heavy atom. The number of hydrogen-bond acceptors (Lipinski definition) is 6. The van der Waals surface area contributed by atoms with Crippen LogP contribution in [0.3, 0.4) is 0 Å². The van der Waals surface area contributed by atoms with Crippen molar-refractivity contribution in [2.24, 2.45) is 5.92 Å². The Bertz CT molecular complexity index is 616. The first-order chi connectivity index (χ1) is 12.7. The molecule has 1 fully saturated rings. The predicted molar refractivity (Wildman–Crippen MR) is 87.2 cm³/mol. The number of amides is 1. The van der Waals surface area contributed by atoms with Crippen molar-refractivity contribution in [2.75, 3.05) is 13.7 Å². The molecule has 2 rings (SSSR count). The molecule has 0 aromatic rings. The highest BCUT2D eigenvalue weighted by molar-refractivity contribution is 5.88. The predicted octanol–water partition coefficient (Wildman–Crippen LogP) is 0.178. The normalized spacial score (nSPS) is 34.6. The fraction of sp³-hybridized carbons (Fsp3) is 0.588. The summed E-state index contributed by atoms with van der Waals surface area (Å²) in [4.78, 5) is 12.1. The minimum atomic E-state index is -4.36. The highest BCUT2D eigenvalue weighted by Crippen LogP contribution is 2.34. The molecular formula is C17H22F3NO6. The summed E-state index contributed by atoms with van der Waals surface area (Å²) in [6.45, 7) is -0.555. The summed E-state index contributed by atoms with van der Waals surface area (Å²) in [7, 11) is 1.26. The minimum Gasteiger partial charge on any atom is -0.394 e. The number of aliphatic hydroxyl groups excluding tert-OH is 3. The van der Waals surface area contributed by atoms with Crippen molar-refractivity contribution in [1.29, 1.82) is 0 Å². The van der Waals surface area contributed by atoms with Gasteiger partial charge >= 0.3 is 6.18 Å².